The third-order valence-electron chi connectivity index (χ3n) is 4.46. The molecule has 0 spiro atoms. The van der Waals surface area contributed by atoms with Crippen molar-refractivity contribution in [1.29, 1.82) is 0 Å². The van der Waals surface area contributed by atoms with Gasteiger partial charge in [-0.15, -0.1) is 0 Å². The second-order valence-corrected chi connectivity index (χ2v) is 8.42. The van der Waals surface area contributed by atoms with Crippen molar-refractivity contribution in [3.8, 4) is 0 Å². The van der Waals surface area contributed by atoms with Crippen molar-refractivity contribution in [2.24, 2.45) is 0 Å². The van der Waals surface area contributed by atoms with Crippen LogP contribution in [0.3, 0.4) is 0 Å². The fourth-order valence-corrected chi connectivity index (χ4v) is 4.46. The van der Waals surface area contributed by atoms with Gasteiger partial charge in [0.1, 0.15) is 0 Å². The summed E-state index contributed by atoms with van der Waals surface area (Å²) in [4.78, 5) is 0. The molecule has 148 valence electrons. The number of anilines is 1. The Labute approximate surface area is 160 Å². The lowest BCUT2D eigenvalue weighted by atomic mass is 10.0. The lowest BCUT2D eigenvalue weighted by molar-refractivity contribution is -0.137. The third kappa shape index (κ3) is 4.07. The van der Waals surface area contributed by atoms with Crippen molar-refractivity contribution in [3.05, 3.63) is 77.9 Å². The number of rotatable bonds is 6. The van der Waals surface area contributed by atoms with E-state index in [4.69, 9.17) is 9.05 Å². The fourth-order valence-electron chi connectivity index (χ4n) is 3.01. The normalized spacial score (nSPS) is 13.5. The maximum Gasteiger partial charge on any atom is 0.416 e. The van der Waals surface area contributed by atoms with E-state index >= 15 is 0 Å². The van der Waals surface area contributed by atoms with Crippen LogP contribution < -0.4 is 5.32 Å². The maximum absolute atomic E-state index is 13.2. The smallest absolute Gasteiger partial charge is 0.368 e. The van der Waals surface area contributed by atoms with Gasteiger partial charge in [0.15, 0.2) is 5.78 Å². The molecule has 0 aromatic heterocycles. The van der Waals surface area contributed by atoms with E-state index in [1.165, 1.54) is 26.4 Å². The lowest BCUT2D eigenvalue weighted by Gasteiger charge is -2.27. The number of nitrogens with one attached hydrogen (secondary N) is 1. The van der Waals surface area contributed by atoms with E-state index in [1.807, 2.05) is 36.4 Å². The molecule has 4 nitrogen and oxygen atoms in total. The Balaban J connectivity index is 2.07. The van der Waals surface area contributed by atoms with Gasteiger partial charge in [-0.05, 0) is 40.6 Å². The van der Waals surface area contributed by atoms with Crippen LogP contribution in [0.5, 0.6) is 0 Å². The van der Waals surface area contributed by atoms with Gasteiger partial charge in [0.2, 0.25) is 0 Å². The lowest BCUT2D eigenvalue weighted by Crippen LogP contribution is -2.14. The summed E-state index contributed by atoms with van der Waals surface area (Å²) in [5, 5.41) is 4.79. The number of halogens is 3. The van der Waals surface area contributed by atoms with Crippen molar-refractivity contribution in [3.63, 3.8) is 0 Å². The molecule has 0 amide bonds. The highest BCUT2D eigenvalue weighted by Gasteiger charge is 2.37. The quantitative estimate of drug-likeness (QED) is 0.475. The van der Waals surface area contributed by atoms with Gasteiger partial charge < -0.3 is 14.4 Å². The van der Waals surface area contributed by atoms with Gasteiger partial charge in [0.05, 0.1) is 5.56 Å². The summed E-state index contributed by atoms with van der Waals surface area (Å²) in [6.07, 6.45) is -4.43. The highest BCUT2D eigenvalue weighted by atomic mass is 31.2. The van der Waals surface area contributed by atoms with Gasteiger partial charge in [-0.1, -0.05) is 42.5 Å². The number of hydrogen-bond acceptors (Lipinski definition) is 4. The minimum absolute atomic E-state index is 0.361. The summed E-state index contributed by atoms with van der Waals surface area (Å²) < 4.78 is 62.1. The van der Waals surface area contributed by atoms with Gasteiger partial charge in [0.25, 0.3) is 0 Å². The summed E-state index contributed by atoms with van der Waals surface area (Å²) in [6.45, 7) is 0. The number of hydrogen-bond donors (Lipinski definition) is 1. The van der Waals surface area contributed by atoms with Crippen LogP contribution in [0, 0.1) is 0 Å². The van der Waals surface area contributed by atoms with Crippen LogP contribution in [0.15, 0.2) is 66.7 Å². The van der Waals surface area contributed by atoms with E-state index < -0.39 is 25.1 Å². The van der Waals surface area contributed by atoms with E-state index in [0.29, 0.717) is 11.3 Å². The molecule has 28 heavy (non-hydrogen) atoms. The van der Waals surface area contributed by atoms with Gasteiger partial charge in [-0.2, -0.15) is 13.2 Å². The molecule has 3 rings (SSSR count). The van der Waals surface area contributed by atoms with E-state index in [0.717, 1.165) is 22.9 Å². The molecule has 0 aliphatic carbocycles. The zero-order chi connectivity index (χ0) is 20.4. The Morgan fingerprint density at radius 1 is 0.893 bits per heavy atom. The third-order valence-corrected chi connectivity index (χ3v) is 6.52. The first-order valence-corrected chi connectivity index (χ1v) is 10.0. The summed E-state index contributed by atoms with van der Waals surface area (Å²) in [6, 6.07) is 17.6. The monoisotopic (exact) mass is 409 g/mol. The highest BCUT2D eigenvalue weighted by Crippen LogP contribution is 2.60. The van der Waals surface area contributed by atoms with Crippen molar-refractivity contribution < 1.29 is 26.8 Å². The van der Waals surface area contributed by atoms with Crippen molar-refractivity contribution in [2.45, 2.75) is 12.0 Å². The molecule has 1 unspecified atom stereocenters. The Bertz CT molecular complexity index is 992. The fraction of sp³-hybridized carbons (Fsp3) is 0.200. The van der Waals surface area contributed by atoms with Crippen LogP contribution in [-0.2, 0) is 19.8 Å². The van der Waals surface area contributed by atoms with E-state index in [-0.39, 0.29) is 0 Å². The second-order valence-electron chi connectivity index (χ2n) is 6.10. The number of benzene rings is 3. The molecule has 0 fully saturated rings. The molecule has 0 saturated heterocycles. The van der Waals surface area contributed by atoms with Crippen molar-refractivity contribution in [1.82, 2.24) is 0 Å². The first-order chi connectivity index (χ1) is 13.3. The molecule has 3 aromatic rings. The molecule has 0 heterocycles. The Kier molecular flexibility index (Phi) is 5.79. The predicted octanol–water partition coefficient (Wildman–Crippen LogP) is 6.46. The summed E-state index contributed by atoms with van der Waals surface area (Å²) in [5.41, 5.74) is 0.256. The summed E-state index contributed by atoms with van der Waals surface area (Å²) >= 11 is 0. The van der Waals surface area contributed by atoms with Gasteiger partial charge >= 0.3 is 13.8 Å². The topological polar surface area (TPSA) is 47.6 Å². The van der Waals surface area contributed by atoms with Crippen LogP contribution >= 0.6 is 7.60 Å². The van der Waals surface area contributed by atoms with Gasteiger partial charge in [-0.25, -0.2) is 0 Å². The van der Waals surface area contributed by atoms with Crippen LogP contribution in [0.2, 0.25) is 0 Å². The van der Waals surface area contributed by atoms with E-state index in [2.05, 4.69) is 5.32 Å². The zero-order valence-corrected chi connectivity index (χ0v) is 16.1. The van der Waals surface area contributed by atoms with Crippen LogP contribution in [-0.4, -0.2) is 14.2 Å². The first kappa shape index (κ1) is 20.4. The van der Waals surface area contributed by atoms with Crippen LogP contribution in [0.4, 0.5) is 18.9 Å². The summed E-state index contributed by atoms with van der Waals surface area (Å²) in [7, 11) is -1.11. The minimum Gasteiger partial charge on any atom is -0.368 e. The SMILES string of the molecule is COP(=O)(OC)C(Nc1ccc(C(F)(F)F)cc1)c1cccc2ccccc12. The molecule has 1 atom stereocenters. The minimum atomic E-state index is -4.43. The second kappa shape index (κ2) is 7.95. The average molecular weight is 409 g/mol. The first-order valence-electron chi connectivity index (χ1n) is 8.41. The van der Waals surface area contributed by atoms with E-state index in [1.54, 1.807) is 6.07 Å². The van der Waals surface area contributed by atoms with Gasteiger partial charge in [-0.3, -0.25) is 4.57 Å². The standard InChI is InChI=1S/C20H19F3NO3P/c1-26-28(25,27-2)19(18-9-5-7-14-6-3-4-8-17(14)18)24-16-12-10-15(11-13-16)20(21,22)23/h3-13,19,24H,1-2H3. The highest BCUT2D eigenvalue weighted by molar-refractivity contribution is 7.54. The van der Waals surface area contributed by atoms with Gasteiger partial charge in [0, 0.05) is 19.9 Å². The molecule has 3 aromatic carbocycles. The van der Waals surface area contributed by atoms with Crippen molar-refractivity contribution in [2.75, 3.05) is 19.5 Å². The predicted molar refractivity (Wildman–Crippen MR) is 103 cm³/mol. The molecule has 0 aliphatic rings. The molecular formula is C20H19F3NO3P. The molecule has 0 bridgehead atoms. The Morgan fingerprint density at radius 2 is 1.50 bits per heavy atom. The van der Waals surface area contributed by atoms with Crippen LogP contribution in [0.1, 0.15) is 16.9 Å². The number of alkyl halides is 3. The average Bonchev–Trinajstić information content (AvgIpc) is 2.71. The molecule has 1 N–H and O–H groups in total. The summed E-state index contributed by atoms with van der Waals surface area (Å²) in [5.74, 6) is -0.912. The van der Waals surface area contributed by atoms with Crippen molar-refractivity contribution >= 4 is 24.1 Å². The molecule has 0 aliphatic heterocycles. The number of fused-ring (bicyclic) bond motifs is 1. The molecule has 0 radical (unpaired) electrons. The molecule has 0 saturated carbocycles. The Hall–Kier alpha value is -2.34. The Morgan fingerprint density at radius 3 is 2.11 bits per heavy atom. The van der Waals surface area contributed by atoms with E-state index in [9.17, 15) is 17.7 Å². The molecular weight excluding hydrogens is 390 g/mol. The zero-order valence-electron chi connectivity index (χ0n) is 15.2. The van der Waals surface area contributed by atoms with Crippen LogP contribution in [0.25, 0.3) is 10.8 Å². The molecule has 8 heteroatoms. The largest absolute Gasteiger partial charge is 0.416 e. The maximum atomic E-state index is 13.2.